The summed E-state index contributed by atoms with van der Waals surface area (Å²) in [5.74, 6) is 2.93. The molecule has 6 heteroatoms. The molecule has 1 aromatic rings. The zero-order chi connectivity index (χ0) is 14.8. The number of hydrogen-bond donors (Lipinski definition) is 1. The van der Waals surface area contributed by atoms with E-state index in [1.807, 2.05) is 7.05 Å². The van der Waals surface area contributed by atoms with Crippen LogP contribution in [0.15, 0.2) is 40.1 Å². The first-order chi connectivity index (χ1) is 9.46. The molecule has 0 saturated carbocycles. The van der Waals surface area contributed by atoms with Crippen LogP contribution in [0.3, 0.4) is 0 Å². The number of amidine groups is 1. The number of quaternary nitrogens is 1. The Morgan fingerprint density at radius 3 is 2.90 bits per heavy atom. The Kier molecular flexibility index (Phi) is 4.15. The Labute approximate surface area is 127 Å². The van der Waals surface area contributed by atoms with Crippen LogP contribution in [0.5, 0.6) is 0 Å². The van der Waals surface area contributed by atoms with Crippen LogP contribution in [0.2, 0.25) is 10.0 Å². The summed E-state index contributed by atoms with van der Waals surface area (Å²) in [5, 5.41) is 0.981. The number of halogens is 2. The molecule has 20 heavy (non-hydrogen) atoms. The number of likely N-dealkylation sites (N-methyl/N-ethyl adjacent to an activating group) is 1. The van der Waals surface area contributed by atoms with Crippen LogP contribution >= 0.6 is 23.2 Å². The van der Waals surface area contributed by atoms with Crippen molar-refractivity contribution in [1.82, 2.24) is 0 Å². The highest BCUT2D eigenvalue weighted by molar-refractivity contribution is 6.36. The van der Waals surface area contributed by atoms with Crippen molar-refractivity contribution in [1.29, 1.82) is 0 Å². The first kappa shape index (κ1) is 14.6. The molecule has 0 bridgehead atoms. The Morgan fingerprint density at radius 1 is 1.50 bits per heavy atom. The summed E-state index contributed by atoms with van der Waals surface area (Å²) in [5.41, 5.74) is 7.33. The molecule has 1 aliphatic heterocycles. The van der Waals surface area contributed by atoms with Gasteiger partial charge in [0.1, 0.15) is 0 Å². The van der Waals surface area contributed by atoms with E-state index in [1.165, 1.54) is 0 Å². The zero-order valence-corrected chi connectivity index (χ0v) is 12.4. The minimum absolute atomic E-state index is 0.317. The van der Waals surface area contributed by atoms with Gasteiger partial charge in [0.25, 0.3) is 0 Å². The van der Waals surface area contributed by atoms with Crippen molar-refractivity contribution < 1.29 is 4.48 Å². The molecule has 0 saturated heterocycles. The maximum atomic E-state index is 6.08. The molecule has 0 amide bonds. The van der Waals surface area contributed by atoms with Gasteiger partial charge in [-0.2, -0.15) is 0 Å². The first-order valence-electron chi connectivity index (χ1n) is 5.79. The predicted molar refractivity (Wildman–Crippen MR) is 84.2 cm³/mol. The van der Waals surface area contributed by atoms with Crippen molar-refractivity contribution in [3.8, 4) is 12.3 Å². The molecular formula is C14H13Cl2N4+. The van der Waals surface area contributed by atoms with Crippen molar-refractivity contribution in [2.45, 2.75) is 0 Å². The summed E-state index contributed by atoms with van der Waals surface area (Å²) < 4.78 is 0.317. The van der Waals surface area contributed by atoms with Gasteiger partial charge in [-0.25, -0.2) is 14.5 Å². The second kappa shape index (κ2) is 5.68. The highest BCUT2D eigenvalue weighted by Gasteiger charge is 2.32. The van der Waals surface area contributed by atoms with E-state index in [-0.39, 0.29) is 0 Å². The van der Waals surface area contributed by atoms with Crippen molar-refractivity contribution in [3.05, 3.63) is 40.1 Å². The lowest BCUT2D eigenvalue weighted by Gasteiger charge is -2.24. The fraction of sp³-hybridized carbons (Fsp3) is 0.143. The van der Waals surface area contributed by atoms with E-state index < -0.39 is 0 Å². The van der Waals surface area contributed by atoms with Gasteiger partial charge in [-0.1, -0.05) is 23.2 Å². The second-order valence-corrected chi connectivity index (χ2v) is 5.35. The number of hydrogen-bond acceptors (Lipinski definition) is 2. The molecule has 0 aromatic heterocycles. The molecule has 1 heterocycles. The third-order valence-corrected chi connectivity index (χ3v) is 3.44. The maximum absolute atomic E-state index is 6.08. The maximum Gasteiger partial charge on any atom is 0.200 e. The molecule has 2 N–H and O–H groups in total. The number of nitrogens with two attached hydrogens (primary N) is 1. The van der Waals surface area contributed by atoms with Crippen LogP contribution in [0.4, 0.5) is 5.69 Å². The van der Waals surface area contributed by atoms with Crippen LogP contribution in [0.1, 0.15) is 0 Å². The lowest BCUT2D eigenvalue weighted by molar-refractivity contribution is -0.756. The molecule has 0 fully saturated rings. The lowest BCUT2D eigenvalue weighted by Crippen LogP contribution is -2.44. The fourth-order valence-corrected chi connectivity index (χ4v) is 2.30. The standard InChI is InChI=1S/C14H13Cl2N4/c1-3-6-20(2)9-18-8-13(20)14(17)19-12-5-4-10(15)7-11(12)16/h1,4-5,7-9H,6H2,2H3,(H2,17,19)/q+1. The van der Waals surface area contributed by atoms with Crippen molar-refractivity contribution >= 4 is 41.1 Å². The summed E-state index contributed by atoms with van der Waals surface area (Å²) in [7, 11) is 1.91. The van der Waals surface area contributed by atoms with E-state index in [1.54, 1.807) is 30.7 Å². The third kappa shape index (κ3) is 2.86. The Hall–Kier alpha value is -1.80. The van der Waals surface area contributed by atoms with Gasteiger partial charge in [0, 0.05) is 5.02 Å². The molecule has 1 aliphatic rings. The van der Waals surface area contributed by atoms with Crippen LogP contribution in [-0.4, -0.2) is 30.2 Å². The summed E-state index contributed by atoms with van der Waals surface area (Å²) in [6, 6.07) is 5.03. The normalized spacial score (nSPS) is 21.7. The average molecular weight is 308 g/mol. The van der Waals surface area contributed by atoms with Crippen molar-refractivity contribution in [2.75, 3.05) is 13.6 Å². The number of nitrogens with zero attached hydrogens (tertiary/aromatic N) is 3. The largest absolute Gasteiger partial charge is 0.379 e. The molecule has 4 nitrogen and oxygen atoms in total. The van der Waals surface area contributed by atoms with Gasteiger partial charge in [-0.15, -0.1) is 6.42 Å². The second-order valence-electron chi connectivity index (χ2n) is 4.50. The quantitative estimate of drug-likeness (QED) is 0.397. The monoisotopic (exact) mass is 307 g/mol. The van der Waals surface area contributed by atoms with Gasteiger partial charge < -0.3 is 5.73 Å². The minimum atomic E-state index is 0.317. The molecular weight excluding hydrogens is 295 g/mol. The molecule has 0 aliphatic carbocycles. The highest BCUT2D eigenvalue weighted by Crippen LogP contribution is 2.29. The Bertz CT molecular complexity index is 670. The van der Waals surface area contributed by atoms with Crippen LogP contribution in [0.25, 0.3) is 0 Å². The average Bonchev–Trinajstić information content (AvgIpc) is 2.75. The smallest absolute Gasteiger partial charge is 0.200 e. The molecule has 1 aromatic carbocycles. The topological polar surface area (TPSA) is 50.7 Å². The van der Waals surface area contributed by atoms with Crippen LogP contribution < -0.4 is 5.73 Å². The van der Waals surface area contributed by atoms with Gasteiger partial charge in [-0.05, 0) is 24.1 Å². The lowest BCUT2D eigenvalue weighted by atomic mass is 10.3. The number of terminal acetylenes is 1. The molecule has 102 valence electrons. The molecule has 1 unspecified atom stereocenters. The van der Waals surface area contributed by atoms with Crippen LogP contribution in [0, 0.1) is 12.3 Å². The third-order valence-electron chi connectivity index (χ3n) is 2.90. The fourth-order valence-electron chi connectivity index (χ4n) is 1.85. The summed E-state index contributed by atoms with van der Waals surface area (Å²) in [4.78, 5) is 8.44. The SMILES string of the molecule is C#CC[N+]1(C)C=NC=C1C(N)=Nc1ccc(Cl)cc1Cl. The Morgan fingerprint density at radius 2 is 2.25 bits per heavy atom. The van der Waals surface area contributed by atoms with Gasteiger partial charge in [0.15, 0.2) is 18.7 Å². The first-order valence-corrected chi connectivity index (χ1v) is 6.55. The summed E-state index contributed by atoms with van der Waals surface area (Å²) >= 11 is 11.9. The minimum Gasteiger partial charge on any atom is -0.379 e. The van der Waals surface area contributed by atoms with E-state index >= 15 is 0 Å². The molecule has 0 radical (unpaired) electrons. The predicted octanol–water partition coefficient (Wildman–Crippen LogP) is 2.95. The van der Waals surface area contributed by atoms with Crippen molar-refractivity contribution in [2.24, 2.45) is 15.7 Å². The van der Waals surface area contributed by atoms with E-state index in [0.717, 1.165) is 5.70 Å². The molecule has 0 spiro atoms. The van der Waals surface area contributed by atoms with E-state index in [9.17, 15) is 0 Å². The van der Waals surface area contributed by atoms with E-state index in [0.29, 0.717) is 32.6 Å². The van der Waals surface area contributed by atoms with Gasteiger partial charge in [0.05, 0.1) is 24.0 Å². The zero-order valence-electron chi connectivity index (χ0n) is 10.8. The van der Waals surface area contributed by atoms with Gasteiger partial charge >= 0.3 is 0 Å². The highest BCUT2D eigenvalue weighted by atomic mass is 35.5. The summed E-state index contributed by atoms with van der Waals surface area (Å²) in [6.07, 6.45) is 8.75. The van der Waals surface area contributed by atoms with E-state index in [4.69, 9.17) is 35.4 Å². The number of aliphatic imine (C=N–C) groups is 2. The molecule has 1 atom stereocenters. The van der Waals surface area contributed by atoms with Crippen LogP contribution in [-0.2, 0) is 0 Å². The van der Waals surface area contributed by atoms with Crippen molar-refractivity contribution in [3.63, 3.8) is 0 Å². The van der Waals surface area contributed by atoms with Gasteiger partial charge in [-0.3, -0.25) is 0 Å². The number of benzene rings is 1. The Balaban J connectivity index is 2.34. The number of rotatable bonds is 3. The molecule has 2 rings (SSSR count). The summed E-state index contributed by atoms with van der Waals surface area (Å²) in [6.45, 7) is 0.444. The van der Waals surface area contributed by atoms with Gasteiger partial charge in [0.2, 0.25) is 5.70 Å². The van der Waals surface area contributed by atoms with E-state index in [2.05, 4.69) is 15.9 Å².